The number of nitrogens with one attached hydrogen (secondary N) is 1. The molecule has 2 amide bonds. The van der Waals surface area contributed by atoms with Gasteiger partial charge in [-0.15, -0.1) is 0 Å². The molecule has 0 radical (unpaired) electrons. The normalized spacial score (nSPS) is 24.9. The molecule has 3 rings (SSSR count). The Morgan fingerprint density at radius 3 is 2.29 bits per heavy atom. The van der Waals surface area contributed by atoms with Gasteiger partial charge in [0, 0.05) is 65.4 Å². The molecule has 0 aromatic rings. The Labute approximate surface area is 206 Å². The van der Waals surface area contributed by atoms with Crippen LogP contribution < -0.4 is 5.73 Å². The van der Waals surface area contributed by atoms with Crippen molar-refractivity contribution in [1.82, 2.24) is 24.5 Å². The number of hydrogen-bond donors (Lipinski definition) is 3. The lowest BCUT2D eigenvalue weighted by atomic mass is 10.1. The molecule has 198 valence electrons. The summed E-state index contributed by atoms with van der Waals surface area (Å²) < 4.78 is 11.0. The molecule has 13 nitrogen and oxygen atoms in total. The number of hydrogen-bond acceptors (Lipinski definition) is 9. The fourth-order valence-corrected chi connectivity index (χ4v) is 4.57. The molecule has 0 aliphatic carbocycles. The lowest BCUT2D eigenvalue weighted by Gasteiger charge is -2.41. The number of carboxylic acids is 1. The van der Waals surface area contributed by atoms with Crippen LogP contribution in [-0.2, 0) is 14.3 Å². The summed E-state index contributed by atoms with van der Waals surface area (Å²) in [6.45, 7) is 11.9. The molecule has 4 N–H and O–H groups in total. The van der Waals surface area contributed by atoms with Crippen LogP contribution in [0.5, 0.6) is 0 Å². The van der Waals surface area contributed by atoms with Gasteiger partial charge in [-0.05, 0) is 20.8 Å². The van der Waals surface area contributed by atoms with Crippen molar-refractivity contribution in [2.75, 3.05) is 78.5 Å². The number of amidine groups is 1. The molecular weight excluding hydrogens is 458 g/mol. The number of carbonyl (C=O) groups is 3. The van der Waals surface area contributed by atoms with E-state index in [-0.39, 0.29) is 24.6 Å². The van der Waals surface area contributed by atoms with Crippen LogP contribution in [0, 0.1) is 5.41 Å². The number of rotatable bonds is 8. The Hall–Kier alpha value is -2.64. The third-order valence-electron chi connectivity index (χ3n) is 6.37. The average molecular weight is 498 g/mol. The maximum absolute atomic E-state index is 12.5. The van der Waals surface area contributed by atoms with Crippen LogP contribution in [0.25, 0.3) is 0 Å². The highest BCUT2D eigenvalue weighted by molar-refractivity contribution is 5.87. The highest BCUT2D eigenvalue weighted by Crippen LogP contribution is 2.18. The van der Waals surface area contributed by atoms with E-state index in [1.807, 2.05) is 4.90 Å². The van der Waals surface area contributed by atoms with E-state index in [0.29, 0.717) is 58.9 Å². The highest BCUT2D eigenvalue weighted by atomic mass is 16.6. The quantitative estimate of drug-likeness (QED) is 0.291. The summed E-state index contributed by atoms with van der Waals surface area (Å²) in [5, 5.41) is 16.9. The van der Waals surface area contributed by atoms with Gasteiger partial charge in [0.15, 0.2) is 0 Å². The lowest BCUT2D eigenvalue weighted by molar-refractivity contribution is -0.138. The summed E-state index contributed by atoms with van der Waals surface area (Å²) >= 11 is 0. The minimum atomic E-state index is -0.820. The molecule has 0 bridgehead atoms. The molecule has 0 aromatic carbocycles. The first kappa shape index (κ1) is 27.0. The summed E-state index contributed by atoms with van der Waals surface area (Å²) in [6.07, 6.45) is -1.04. The monoisotopic (exact) mass is 497 g/mol. The molecule has 0 saturated carbocycles. The fourth-order valence-electron chi connectivity index (χ4n) is 4.57. The summed E-state index contributed by atoms with van der Waals surface area (Å²) in [6, 6.07) is -0.573. The van der Waals surface area contributed by atoms with Gasteiger partial charge in [-0.1, -0.05) is 0 Å². The minimum Gasteiger partial charge on any atom is -0.480 e. The van der Waals surface area contributed by atoms with Gasteiger partial charge in [-0.3, -0.25) is 29.8 Å². The molecular formula is C22H39N7O6. The molecule has 2 atom stereocenters. The van der Waals surface area contributed by atoms with Crippen LogP contribution >= 0.6 is 0 Å². The molecule has 3 fully saturated rings. The van der Waals surface area contributed by atoms with Gasteiger partial charge in [0.2, 0.25) is 0 Å². The first-order valence-corrected chi connectivity index (χ1v) is 12.1. The van der Waals surface area contributed by atoms with Crippen LogP contribution in [0.15, 0.2) is 0 Å². The maximum atomic E-state index is 12.5. The second-order valence-electron chi connectivity index (χ2n) is 10.4. The van der Waals surface area contributed by atoms with Crippen LogP contribution in [0.4, 0.5) is 9.59 Å². The summed E-state index contributed by atoms with van der Waals surface area (Å²) in [5.41, 5.74) is 5.16. The number of carbonyl (C=O) groups excluding carboxylic acids is 2. The number of cyclic esters (lactones) is 1. The molecule has 3 heterocycles. The lowest BCUT2D eigenvalue weighted by Crippen LogP contribution is -2.61. The topological polar surface area (TPSA) is 156 Å². The minimum absolute atomic E-state index is 0.0521. The Balaban J connectivity index is 1.43. The number of amides is 2. The van der Waals surface area contributed by atoms with Crippen molar-refractivity contribution in [3.8, 4) is 0 Å². The van der Waals surface area contributed by atoms with E-state index < -0.39 is 23.7 Å². The van der Waals surface area contributed by atoms with E-state index in [4.69, 9.17) is 25.7 Å². The second-order valence-corrected chi connectivity index (χ2v) is 10.4. The van der Waals surface area contributed by atoms with Crippen LogP contribution in [0.3, 0.4) is 0 Å². The zero-order chi connectivity index (χ0) is 25.8. The van der Waals surface area contributed by atoms with Crippen LogP contribution in [0.2, 0.25) is 0 Å². The van der Waals surface area contributed by atoms with E-state index in [0.717, 1.165) is 13.1 Å². The summed E-state index contributed by atoms with van der Waals surface area (Å²) in [4.78, 5) is 45.2. The number of nitrogens with zero attached hydrogens (tertiary/aromatic N) is 5. The van der Waals surface area contributed by atoms with Crippen molar-refractivity contribution in [3.63, 3.8) is 0 Å². The highest BCUT2D eigenvalue weighted by Gasteiger charge is 2.37. The Morgan fingerprint density at radius 1 is 1.06 bits per heavy atom. The smallest absolute Gasteiger partial charge is 0.411 e. The van der Waals surface area contributed by atoms with Crippen molar-refractivity contribution in [2.45, 2.75) is 38.5 Å². The van der Waals surface area contributed by atoms with Gasteiger partial charge < -0.3 is 25.2 Å². The van der Waals surface area contributed by atoms with E-state index in [2.05, 4.69) is 9.80 Å². The standard InChI is InChI=1S/C22H39N7O6/c1-22(2,3)35-21(33)29-11-9-26(14-17(29)19(23)24)8-10-28-13-16(34-20(28)32)12-25-4-6-27(7-5-25)15-18(30)31/h16-17H,4-15H2,1-3H3,(H3,23,24)(H,30,31). The van der Waals surface area contributed by atoms with Gasteiger partial charge in [0.05, 0.1) is 13.1 Å². The number of carboxylic acid groups (broad SMARTS) is 1. The Morgan fingerprint density at radius 2 is 1.69 bits per heavy atom. The number of piperazine rings is 2. The zero-order valence-electron chi connectivity index (χ0n) is 20.9. The van der Waals surface area contributed by atoms with Crippen molar-refractivity contribution in [1.29, 1.82) is 5.41 Å². The van der Waals surface area contributed by atoms with E-state index in [1.165, 1.54) is 4.90 Å². The van der Waals surface area contributed by atoms with Crippen molar-refractivity contribution in [2.24, 2.45) is 5.73 Å². The SMILES string of the molecule is CC(C)(C)OC(=O)N1CCN(CCN2CC(CN3CCN(CC(=O)O)CC3)OC2=O)CC1C(=N)N. The van der Waals surface area contributed by atoms with Crippen LogP contribution in [0.1, 0.15) is 20.8 Å². The van der Waals surface area contributed by atoms with E-state index in [1.54, 1.807) is 25.7 Å². The molecule has 3 saturated heterocycles. The number of aliphatic carboxylic acids is 1. The fraction of sp³-hybridized carbons (Fsp3) is 0.818. The van der Waals surface area contributed by atoms with Gasteiger partial charge in [0.1, 0.15) is 23.6 Å². The number of ether oxygens (including phenoxy) is 2. The van der Waals surface area contributed by atoms with Gasteiger partial charge in [-0.25, -0.2) is 9.59 Å². The molecule has 3 aliphatic rings. The maximum Gasteiger partial charge on any atom is 0.411 e. The first-order valence-electron chi connectivity index (χ1n) is 12.1. The number of nitrogens with two attached hydrogens (primary N) is 1. The van der Waals surface area contributed by atoms with Gasteiger partial charge in [-0.2, -0.15) is 0 Å². The van der Waals surface area contributed by atoms with Crippen molar-refractivity contribution >= 4 is 24.0 Å². The first-order chi connectivity index (χ1) is 16.4. The molecule has 13 heteroatoms. The predicted molar refractivity (Wildman–Crippen MR) is 127 cm³/mol. The second kappa shape index (κ2) is 11.4. The van der Waals surface area contributed by atoms with E-state index >= 15 is 0 Å². The molecule has 2 unspecified atom stereocenters. The summed E-state index contributed by atoms with van der Waals surface area (Å²) in [7, 11) is 0. The van der Waals surface area contributed by atoms with Gasteiger partial charge in [0.25, 0.3) is 0 Å². The molecule has 35 heavy (non-hydrogen) atoms. The van der Waals surface area contributed by atoms with Crippen LogP contribution in [-0.4, -0.2) is 150 Å². The van der Waals surface area contributed by atoms with Crippen molar-refractivity contribution in [3.05, 3.63) is 0 Å². The molecule has 0 spiro atoms. The summed E-state index contributed by atoms with van der Waals surface area (Å²) in [5.74, 6) is -0.913. The predicted octanol–water partition coefficient (Wildman–Crippen LogP) is -0.633. The third-order valence-corrected chi connectivity index (χ3v) is 6.37. The third kappa shape index (κ3) is 7.94. The molecule has 3 aliphatic heterocycles. The largest absolute Gasteiger partial charge is 0.480 e. The average Bonchev–Trinajstić information content (AvgIpc) is 3.10. The Kier molecular flexibility index (Phi) is 8.78. The van der Waals surface area contributed by atoms with Crippen molar-refractivity contribution < 1.29 is 29.0 Å². The Bertz CT molecular complexity index is 796. The molecule has 0 aromatic heterocycles. The zero-order valence-corrected chi connectivity index (χ0v) is 20.9. The van der Waals surface area contributed by atoms with E-state index in [9.17, 15) is 14.4 Å². The van der Waals surface area contributed by atoms with Gasteiger partial charge >= 0.3 is 18.2 Å².